The summed E-state index contributed by atoms with van der Waals surface area (Å²) in [5.74, 6) is 3.11. The van der Waals surface area contributed by atoms with Crippen molar-refractivity contribution < 1.29 is 8.42 Å². The van der Waals surface area contributed by atoms with Crippen molar-refractivity contribution in [2.24, 2.45) is 0 Å². The lowest BCUT2D eigenvalue weighted by Gasteiger charge is -1.85. The molecule has 0 aromatic heterocycles. The fraction of sp³-hybridized carbons (Fsp3) is 0.636. The van der Waals surface area contributed by atoms with Crippen LogP contribution in [0.3, 0.4) is 0 Å². The Balaban J connectivity index is 0. The van der Waals surface area contributed by atoms with E-state index >= 15 is 0 Å². The molecule has 0 heterocycles. The second kappa shape index (κ2) is 16.5. The third kappa shape index (κ3) is 26.2. The Morgan fingerprint density at radius 2 is 1.47 bits per heavy atom. The highest BCUT2D eigenvalue weighted by Crippen LogP contribution is 1.90. The summed E-state index contributed by atoms with van der Waals surface area (Å²) >= 11 is 5.70. The number of hydrogen-bond acceptors (Lipinski definition) is 4. The zero-order valence-electron chi connectivity index (χ0n) is 10.6. The smallest absolute Gasteiger partial charge is 0.0412 e. The molecule has 0 aromatic carbocycles. The summed E-state index contributed by atoms with van der Waals surface area (Å²) in [5.41, 5.74) is 0. The van der Waals surface area contributed by atoms with Crippen LogP contribution in [-0.2, 0) is 21.6 Å². The fourth-order valence-electron chi connectivity index (χ4n) is 0.646. The van der Waals surface area contributed by atoms with Gasteiger partial charge in [0, 0.05) is 57.1 Å². The number of thioether (sulfide) groups is 1. The maximum absolute atomic E-state index is 10.5. The Kier molecular flexibility index (Phi) is 19.2. The van der Waals surface area contributed by atoms with E-state index in [4.69, 9.17) is 0 Å². The minimum absolute atomic E-state index is 0.653. The zero-order valence-corrected chi connectivity index (χ0v) is 14.0. The van der Waals surface area contributed by atoms with Crippen LogP contribution >= 0.6 is 24.4 Å². The summed E-state index contributed by atoms with van der Waals surface area (Å²) in [6.45, 7) is 0. The highest BCUT2D eigenvalue weighted by molar-refractivity contribution is 7.98. The molecule has 0 aliphatic carbocycles. The Morgan fingerprint density at radius 3 is 1.82 bits per heavy atom. The van der Waals surface area contributed by atoms with Crippen molar-refractivity contribution in [2.75, 3.05) is 41.8 Å². The van der Waals surface area contributed by atoms with Crippen LogP contribution in [0.4, 0.5) is 0 Å². The molecule has 0 N–H and O–H groups in total. The van der Waals surface area contributed by atoms with E-state index in [1.165, 1.54) is 0 Å². The molecule has 0 aliphatic rings. The second-order valence-corrected chi connectivity index (χ2v) is 7.30. The first-order valence-electron chi connectivity index (χ1n) is 5.04. The molecule has 102 valence electrons. The van der Waals surface area contributed by atoms with Crippen LogP contribution in [0.25, 0.3) is 0 Å². The van der Waals surface area contributed by atoms with E-state index in [1.807, 2.05) is 30.6 Å². The van der Waals surface area contributed by atoms with Gasteiger partial charge in [0.2, 0.25) is 0 Å². The van der Waals surface area contributed by atoms with Gasteiger partial charge in [-0.15, -0.1) is 0 Å². The van der Waals surface area contributed by atoms with Gasteiger partial charge in [0.1, 0.15) is 0 Å². The first kappa shape index (κ1) is 19.8. The van der Waals surface area contributed by atoms with Crippen LogP contribution in [0.5, 0.6) is 0 Å². The largest absolute Gasteiger partial charge is 0.260 e. The van der Waals surface area contributed by atoms with E-state index < -0.39 is 21.6 Å². The Hall–Kier alpha value is 0.480. The molecule has 2 atom stereocenters. The first-order valence-corrected chi connectivity index (χ1v) is 10.5. The van der Waals surface area contributed by atoms with E-state index in [0.717, 1.165) is 11.5 Å². The van der Waals surface area contributed by atoms with Gasteiger partial charge in [0.05, 0.1) is 0 Å². The molecular formula is C11H22O2S4. The molecule has 0 aliphatic heterocycles. The Bertz CT molecular complexity index is 262. The highest BCUT2D eigenvalue weighted by Gasteiger charge is 1.81. The van der Waals surface area contributed by atoms with Gasteiger partial charge in [-0.25, -0.2) is 0 Å². The molecule has 0 spiro atoms. The van der Waals surface area contributed by atoms with E-state index in [0.29, 0.717) is 11.5 Å². The van der Waals surface area contributed by atoms with Gasteiger partial charge in [-0.05, 0) is 6.26 Å². The highest BCUT2D eigenvalue weighted by atomic mass is 32.2. The lowest BCUT2D eigenvalue weighted by atomic mass is 10.6. The van der Waals surface area contributed by atoms with Gasteiger partial charge in [-0.1, -0.05) is 24.3 Å². The number of thiol groups is 1. The summed E-state index contributed by atoms with van der Waals surface area (Å²) in [7, 11) is -1.35. The lowest BCUT2D eigenvalue weighted by Crippen LogP contribution is -1.88. The van der Waals surface area contributed by atoms with Crippen LogP contribution in [0.2, 0.25) is 0 Å². The first-order chi connectivity index (χ1) is 8.04. The Labute approximate surface area is 120 Å². The molecule has 0 saturated heterocycles. The normalized spacial score (nSPS) is 14.6. The van der Waals surface area contributed by atoms with Gasteiger partial charge in [-0.2, -0.15) is 24.4 Å². The molecule has 0 aromatic rings. The number of hydrogen-bond donors (Lipinski definition) is 1. The molecule has 0 fully saturated rings. The molecule has 2 unspecified atom stereocenters. The second-order valence-electron chi connectivity index (χ2n) is 3.06. The molecule has 0 rings (SSSR count). The van der Waals surface area contributed by atoms with Crippen LogP contribution in [-0.4, -0.2) is 50.2 Å². The third-order valence-electron chi connectivity index (χ3n) is 1.36. The van der Waals surface area contributed by atoms with Crippen molar-refractivity contribution >= 4 is 46.0 Å². The summed E-state index contributed by atoms with van der Waals surface area (Å²) in [6.07, 6.45) is 13.2. The van der Waals surface area contributed by atoms with Crippen LogP contribution in [0.1, 0.15) is 0 Å². The third-order valence-corrected chi connectivity index (χ3v) is 3.42. The summed E-state index contributed by atoms with van der Waals surface area (Å²) < 4.78 is 20.8. The average molecular weight is 315 g/mol. The standard InChI is InChI=1S/C6H12OS2.C5H10OS2/c1-8-5-3-4-6-9(2)7;1-8(6)5-3-2-4-7/h3-4H,5-6H2,1-2H3;2-3,7H,4-5H2,1H3/b4-3+;3-2+. The summed E-state index contributed by atoms with van der Waals surface area (Å²) in [6, 6.07) is 0. The van der Waals surface area contributed by atoms with Crippen LogP contribution in [0.15, 0.2) is 24.3 Å². The van der Waals surface area contributed by atoms with E-state index in [-0.39, 0.29) is 0 Å². The zero-order chi connectivity index (χ0) is 13.5. The molecule has 17 heavy (non-hydrogen) atoms. The fourth-order valence-corrected chi connectivity index (χ4v) is 1.94. The summed E-state index contributed by atoms with van der Waals surface area (Å²) in [5, 5.41) is 0. The van der Waals surface area contributed by atoms with Crippen molar-refractivity contribution in [2.45, 2.75) is 0 Å². The maximum atomic E-state index is 10.5. The SMILES string of the molecule is CS(=O)C/C=C/CS.CSC/C=C/CS(C)=O. The Morgan fingerprint density at radius 1 is 1.00 bits per heavy atom. The van der Waals surface area contributed by atoms with Crippen molar-refractivity contribution in [3.05, 3.63) is 24.3 Å². The van der Waals surface area contributed by atoms with Crippen LogP contribution < -0.4 is 0 Å². The number of rotatable bonds is 7. The molecule has 6 heteroatoms. The van der Waals surface area contributed by atoms with E-state index in [1.54, 1.807) is 24.3 Å². The molecule has 0 amide bonds. The van der Waals surface area contributed by atoms with E-state index in [9.17, 15) is 8.42 Å². The predicted octanol–water partition coefficient (Wildman–Crippen LogP) is 2.13. The van der Waals surface area contributed by atoms with Gasteiger partial charge in [0.25, 0.3) is 0 Å². The molecule has 0 bridgehead atoms. The average Bonchev–Trinajstić information content (AvgIpc) is 2.25. The minimum Gasteiger partial charge on any atom is -0.260 e. The van der Waals surface area contributed by atoms with E-state index in [2.05, 4.69) is 12.6 Å². The van der Waals surface area contributed by atoms with Crippen molar-refractivity contribution in [1.82, 2.24) is 0 Å². The van der Waals surface area contributed by atoms with Crippen LogP contribution in [0, 0.1) is 0 Å². The minimum atomic E-state index is -0.688. The van der Waals surface area contributed by atoms with Gasteiger partial charge in [-0.3, -0.25) is 8.42 Å². The van der Waals surface area contributed by atoms with Crippen molar-refractivity contribution in [3.8, 4) is 0 Å². The predicted molar refractivity (Wildman–Crippen MR) is 88.4 cm³/mol. The maximum Gasteiger partial charge on any atom is 0.0412 e. The van der Waals surface area contributed by atoms with Crippen molar-refractivity contribution in [1.29, 1.82) is 0 Å². The molecule has 0 radical (unpaired) electrons. The lowest BCUT2D eigenvalue weighted by molar-refractivity contribution is 0.687. The monoisotopic (exact) mass is 314 g/mol. The topological polar surface area (TPSA) is 34.1 Å². The van der Waals surface area contributed by atoms with Crippen molar-refractivity contribution in [3.63, 3.8) is 0 Å². The molecular weight excluding hydrogens is 292 g/mol. The van der Waals surface area contributed by atoms with Gasteiger partial charge < -0.3 is 0 Å². The molecule has 0 saturated carbocycles. The van der Waals surface area contributed by atoms with Gasteiger partial charge in [0.15, 0.2) is 0 Å². The quantitative estimate of drug-likeness (QED) is 0.577. The molecule has 2 nitrogen and oxygen atoms in total. The van der Waals surface area contributed by atoms with Gasteiger partial charge >= 0.3 is 0 Å². The summed E-state index contributed by atoms with van der Waals surface area (Å²) in [4.78, 5) is 0.